The summed E-state index contributed by atoms with van der Waals surface area (Å²) in [6.07, 6.45) is 4.24. The van der Waals surface area contributed by atoms with Crippen molar-refractivity contribution in [3.05, 3.63) is 0 Å². The van der Waals surface area contributed by atoms with Crippen LogP contribution in [0.3, 0.4) is 0 Å². The Kier molecular flexibility index (Phi) is 23.0. The summed E-state index contributed by atoms with van der Waals surface area (Å²) >= 11 is 0. The first-order valence-corrected chi connectivity index (χ1v) is 24.4. The molecule has 47 heavy (non-hydrogen) atoms. The summed E-state index contributed by atoms with van der Waals surface area (Å²) in [5, 5.41) is 0. The van der Waals surface area contributed by atoms with E-state index < -0.39 is 16.6 Å². The average molecular weight is 711 g/mol. The third-order valence-electron chi connectivity index (χ3n) is 8.87. The molecule has 0 spiro atoms. The summed E-state index contributed by atoms with van der Waals surface area (Å²) in [6.45, 7) is 27.1. The van der Waals surface area contributed by atoms with Gasteiger partial charge in [-0.3, -0.25) is 0 Å². The van der Waals surface area contributed by atoms with Crippen molar-refractivity contribution in [3.8, 4) is 0 Å². The maximum absolute atomic E-state index is 6.76. The Labute approximate surface area is 288 Å². The van der Waals surface area contributed by atoms with Gasteiger partial charge in [0, 0.05) is 24.0 Å². The van der Waals surface area contributed by atoms with Crippen molar-refractivity contribution in [1.29, 1.82) is 0 Å². The Morgan fingerprint density at radius 3 is 0.957 bits per heavy atom. The quantitative estimate of drug-likeness (QED) is 0.0653. The van der Waals surface area contributed by atoms with Gasteiger partial charge in [0.2, 0.25) is 0 Å². The molecule has 0 saturated carbocycles. The summed E-state index contributed by atoms with van der Waals surface area (Å²) in [6, 6.07) is 2.21. The molecule has 2 aliphatic rings. The van der Waals surface area contributed by atoms with E-state index in [1.54, 1.807) is 0 Å². The molecule has 0 unspecified atom stereocenters. The van der Waals surface area contributed by atoms with Crippen LogP contribution in [0.4, 0.5) is 0 Å². The highest BCUT2D eigenvalue weighted by molar-refractivity contribution is 6.84. The van der Waals surface area contributed by atoms with Gasteiger partial charge < -0.3 is 51.5 Å². The lowest BCUT2D eigenvalue weighted by Crippen LogP contribution is -2.45. The van der Waals surface area contributed by atoms with Crippen LogP contribution in [-0.2, 0) is 51.5 Å². The Hall–Kier alpha value is -0.00623. The molecular weight excluding hydrogens is 641 g/mol. The van der Waals surface area contributed by atoms with Crippen LogP contribution in [0, 0.1) is 10.8 Å². The molecule has 0 N–H and O–H groups in total. The van der Waals surface area contributed by atoms with Gasteiger partial charge >= 0.3 is 0 Å². The molecule has 2 heterocycles. The van der Waals surface area contributed by atoms with Gasteiger partial charge in [0.25, 0.3) is 0 Å². The molecule has 11 nitrogen and oxygen atoms in total. The van der Waals surface area contributed by atoms with E-state index >= 15 is 0 Å². The standard InChI is InChI=1S/C34H70O11Si2/c1-7-33(29-43-30-33)27-41-23-21-39-19-17-37-15-13-35-11-9-25-46(3,4)45-47(5,6)26-10-12-36-14-16-38-18-20-40-22-24-42-28-34(8-2)31-44-32-34/h7-32H2,1-6H3. The van der Waals surface area contributed by atoms with Crippen LogP contribution < -0.4 is 0 Å². The highest BCUT2D eigenvalue weighted by atomic mass is 28.4. The smallest absolute Gasteiger partial charge is 0.173 e. The van der Waals surface area contributed by atoms with E-state index in [0.29, 0.717) is 79.3 Å². The van der Waals surface area contributed by atoms with Crippen molar-refractivity contribution in [2.45, 2.75) is 77.8 Å². The molecule has 0 aromatic heterocycles. The van der Waals surface area contributed by atoms with Gasteiger partial charge in [0.05, 0.1) is 119 Å². The zero-order valence-corrected chi connectivity index (χ0v) is 32.9. The first-order valence-electron chi connectivity index (χ1n) is 18.1. The lowest BCUT2D eigenvalue weighted by molar-refractivity contribution is -0.153. The van der Waals surface area contributed by atoms with E-state index in [0.717, 1.165) is 90.6 Å². The van der Waals surface area contributed by atoms with E-state index in [9.17, 15) is 0 Å². The van der Waals surface area contributed by atoms with Crippen molar-refractivity contribution in [2.75, 3.05) is 132 Å². The number of rotatable bonds is 34. The summed E-state index contributed by atoms with van der Waals surface area (Å²) < 4.78 is 62.9. The minimum absolute atomic E-state index is 0.234. The van der Waals surface area contributed by atoms with Gasteiger partial charge in [0.1, 0.15) is 0 Å². The number of hydrogen-bond donors (Lipinski definition) is 0. The lowest BCUT2D eigenvalue weighted by Gasteiger charge is -2.40. The maximum atomic E-state index is 6.76. The molecule has 13 heteroatoms. The molecule has 2 fully saturated rings. The molecule has 2 saturated heterocycles. The largest absolute Gasteiger partial charge is 0.455 e. The molecule has 0 amide bonds. The van der Waals surface area contributed by atoms with Crippen molar-refractivity contribution in [2.24, 2.45) is 10.8 Å². The molecule has 280 valence electrons. The van der Waals surface area contributed by atoms with Gasteiger partial charge in [-0.1, -0.05) is 13.8 Å². The second-order valence-electron chi connectivity index (χ2n) is 14.3. The SMILES string of the molecule is CCC1(COCCOCCOCCOCCC[Si](C)(C)O[Si](C)(C)CCCOCCOCCOCCOCC2(CC)COC2)COC1. The second-order valence-corrected chi connectivity index (χ2v) is 23.2. The fraction of sp³-hybridized carbons (Fsp3) is 1.00. The second kappa shape index (κ2) is 25.0. The molecule has 0 aromatic carbocycles. The van der Waals surface area contributed by atoms with Crippen LogP contribution in [-0.4, -0.2) is 149 Å². The molecule has 2 rings (SSSR count). The summed E-state index contributed by atoms with van der Waals surface area (Å²) in [5.74, 6) is 0. The first-order chi connectivity index (χ1) is 22.7. The van der Waals surface area contributed by atoms with Crippen molar-refractivity contribution in [3.63, 3.8) is 0 Å². The highest BCUT2D eigenvalue weighted by Crippen LogP contribution is 2.32. The molecule has 0 aromatic rings. The molecular formula is C34H70O11Si2. The van der Waals surface area contributed by atoms with E-state index in [2.05, 4.69) is 40.0 Å². The Morgan fingerprint density at radius 1 is 0.426 bits per heavy atom. The topological polar surface area (TPSA) is 102 Å². The van der Waals surface area contributed by atoms with Gasteiger partial charge in [-0.25, -0.2) is 0 Å². The summed E-state index contributed by atoms with van der Waals surface area (Å²) in [4.78, 5) is 0. The van der Waals surface area contributed by atoms with Gasteiger partial charge in [-0.05, 0) is 64.0 Å². The number of ether oxygens (including phenoxy) is 10. The minimum atomic E-state index is -1.73. The van der Waals surface area contributed by atoms with E-state index in [-0.39, 0.29) is 10.8 Å². The Morgan fingerprint density at radius 2 is 0.702 bits per heavy atom. The molecule has 2 aliphatic heterocycles. The van der Waals surface area contributed by atoms with Crippen LogP contribution >= 0.6 is 0 Å². The summed E-state index contributed by atoms with van der Waals surface area (Å²) in [5.41, 5.74) is 0.467. The highest BCUT2D eigenvalue weighted by Gasteiger charge is 2.37. The van der Waals surface area contributed by atoms with Crippen molar-refractivity contribution in [1.82, 2.24) is 0 Å². The minimum Gasteiger partial charge on any atom is -0.455 e. The third kappa shape index (κ3) is 20.4. The van der Waals surface area contributed by atoms with Crippen LogP contribution in [0.15, 0.2) is 0 Å². The molecule has 0 radical (unpaired) electrons. The fourth-order valence-corrected chi connectivity index (χ4v) is 14.3. The molecule has 0 atom stereocenters. The molecule has 0 aliphatic carbocycles. The number of hydrogen-bond acceptors (Lipinski definition) is 11. The predicted molar refractivity (Wildman–Crippen MR) is 189 cm³/mol. The third-order valence-corrected chi connectivity index (χ3v) is 16.4. The zero-order valence-electron chi connectivity index (χ0n) is 30.9. The normalized spacial score (nSPS) is 17.5. The van der Waals surface area contributed by atoms with Crippen LogP contribution in [0.1, 0.15) is 39.5 Å². The average Bonchev–Trinajstić information content (AvgIpc) is 2.99. The van der Waals surface area contributed by atoms with E-state index in [4.69, 9.17) is 51.5 Å². The van der Waals surface area contributed by atoms with E-state index in [1.165, 1.54) is 0 Å². The summed E-state index contributed by atoms with van der Waals surface area (Å²) in [7, 11) is -3.47. The van der Waals surface area contributed by atoms with Gasteiger partial charge in [-0.2, -0.15) is 0 Å². The Balaban J connectivity index is 1.30. The fourth-order valence-electron chi connectivity index (χ4n) is 5.51. The Bertz CT molecular complexity index is 681. The van der Waals surface area contributed by atoms with Crippen molar-refractivity contribution < 1.29 is 51.5 Å². The monoisotopic (exact) mass is 710 g/mol. The predicted octanol–water partition coefficient (Wildman–Crippen LogP) is 5.18. The van der Waals surface area contributed by atoms with E-state index in [1.807, 2.05) is 0 Å². The lowest BCUT2D eigenvalue weighted by atomic mass is 9.84. The zero-order chi connectivity index (χ0) is 34.2. The maximum Gasteiger partial charge on any atom is 0.173 e. The van der Waals surface area contributed by atoms with Crippen LogP contribution in [0.25, 0.3) is 0 Å². The van der Waals surface area contributed by atoms with Gasteiger partial charge in [0.15, 0.2) is 16.6 Å². The van der Waals surface area contributed by atoms with Crippen LogP contribution in [0.5, 0.6) is 0 Å². The van der Waals surface area contributed by atoms with Gasteiger partial charge in [-0.15, -0.1) is 0 Å². The van der Waals surface area contributed by atoms with Crippen LogP contribution in [0.2, 0.25) is 38.3 Å². The van der Waals surface area contributed by atoms with Crippen molar-refractivity contribution >= 4 is 16.6 Å². The molecule has 0 bridgehead atoms. The first kappa shape index (κ1) is 43.2.